The standard InChI is InChI=1S/C28H29ClN6O2/c29-20-7-10-23-24(15-20)32-25(36)14-19-16-30-28(33-26(19)23)31-21-8-5-18(6-9-21)27(37)35-13-3-4-22(35)17-34-11-1-2-12-34/h5-10,15-16,22H,1-4,11-14,17H2,(H,32,36)(H,30,31,33)/t22-/m0/s1. The molecule has 6 rings (SSSR count). The van der Waals surface area contributed by atoms with Gasteiger partial charge in [0, 0.05) is 52.7 Å². The van der Waals surface area contributed by atoms with E-state index in [0.29, 0.717) is 34.0 Å². The van der Waals surface area contributed by atoms with E-state index in [0.717, 1.165) is 55.8 Å². The zero-order valence-electron chi connectivity index (χ0n) is 20.5. The van der Waals surface area contributed by atoms with Gasteiger partial charge in [0.15, 0.2) is 0 Å². The first-order valence-electron chi connectivity index (χ1n) is 12.9. The molecule has 2 amide bonds. The smallest absolute Gasteiger partial charge is 0.254 e. The number of amides is 2. The average molecular weight is 517 g/mol. The number of nitrogens with one attached hydrogen (secondary N) is 2. The number of rotatable bonds is 5. The van der Waals surface area contributed by atoms with Crippen molar-refractivity contribution in [3.05, 3.63) is 64.8 Å². The van der Waals surface area contributed by atoms with Gasteiger partial charge in [-0.2, -0.15) is 0 Å². The van der Waals surface area contributed by atoms with Crippen LogP contribution in [0.1, 0.15) is 41.6 Å². The molecular formula is C28H29ClN6O2. The van der Waals surface area contributed by atoms with Crippen molar-refractivity contribution in [3.63, 3.8) is 0 Å². The minimum Gasteiger partial charge on any atom is -0.334 e. The molecule has 0 spiro atoms. The normalized spacial score (nSPS) is 19.2. The monoisotopic (exact) mass is 516 g/mol. The molecule has 0 bridgehead atoms. The molecule has 2 saturated heterocycles. The van der Waals surface area contributed by atoms with Crippen molar-refractivity contribution in [3.8, 4) is 11.3 Å². The number of carbonyl (C=O) groups excluding carboxylic acids is 2. The minimum absolute atomic E-state index is 0.0990. The Morgan fingerprint density at radius 3 is 2.70 bits per heavy atom. The summed E-state index contributed by atoms with van der Waals surface area (Å²) in [5.74, 6) is 0.382. The van der Waals surface area contributed by atoms with Gasteiger partial charge < -0.3 is 20.4 Å². The third-order valence-electron chi connectivity index (χ3n) is 7.42. The number of nitrogens with zero attached hydrogens (tertiary/aromatic N) is 4. The fraction of sp³-hybridized carbons (Fsp3) is 0.357. The number of hydrogen-bond acceptors (Lipinski definition) is 6. The van der Waals surface area contributed by atoms with E-state index in [1.807, 2.05) is 30.3 Å². The van der Waals surface area contributed by atoms with Crippen molar-refractivity contribution in [2.75, 3.05) is 36.8 Å². The fourth-order valence-electron chi connectivity index (χ4n) is 5.57. The van der Waals surface area contributed by atoms with Crippen LogP contribution in [0.25, 0.3) is 11.3 Å². The molecule has 2 N–H and O–H groups in total. The summed E-state index contributed by atoms with van der Waals surface area (Å²) in [6.07, 6.45) is 6.54. The molecule has 3 aromatic rings. The molecule has 2 fully saturated rings. The zero-order valence-corrected chi connectivity index (χ0v) is 21.3. The van der Waals surface area contributed by atoms with Crippen LogP contribution in [0.15, 0.2) is 48.7 Å². The van der Waals surface area contributed by atoms with Gasteiger partial charge in [-0.1, -0.05) is 11.6 Å². The van der Waals surface area contributed by atoms with Gasteiger partial charge in [0.05, 0.1) is 17.8 Å². The third kappa shape index (κ3) is 5.04. The molecule has 8 nitrogen and oxygen atoms in total. The maximum absolute atomic E-state index is 13.3. The molecule has 190 valence electrons. The average Bonchev–Trinajstić information content (AvgIpc) is 3.55. The number of likely N-dealkylation sites (tertiary alicyclic amines) is 2. The SMILES string of the molecule is O=C1Cc2cnc(Nc3ccc(C(=O)N4CCC[C@H]4CN4CCCC4)cc3)nc2-c2ccc(Cl)cc2N1. The highest BCUT2D eigenvalue weighted by Gasteiger charge is 2.31. The van der Waals surface area contributed by atoms with Gasteiger partial charge in [-0.25, -0.2) is 9.97 Å². The maximum atomic E-state index is 13.3. The number of benzene rings is 2. The van der Waals surface area contributed by atoms with Gasteiger partial charge in [0.2, 0.25) is 11.9 Å². The van der Waals surface area contributed by atoms with Crippen LogP contribution in [0.4, 0.5) is 17.3 Å². The molecule has 4 heterocycles. The summed E-state index contributed by atoms with van der Waals surface area (Å²) in [4.78, 5) is 39.3. The first-order chi connectivity index (χ1) is 18.0. The molecular weight excluding hydrogens is 488 g/mol. The lowest BCUT2D eigenvalue weighted by molar-refractivity contribution is -0.115. The van der Waals surface area contributed by atoms with Crippen LogP contribution in [0.5, 0.6) is 0 Å². The first kappa shape index (κ1) is 23.9. The summed E-state index contributed by atoms with van der Waals surface area (Å²) < 4.78 is 0. The topological polar surface area (TPSA) is 90.5 Å². The number of fused-ring (bicyclic) bond motifs is 3. The summed E-state index contributed by atoms with van der Waals surface area (Å²) in [5, 5.41) is 6.67. The van der Waals surface area contributed by atoms with E-state index in [1.165, 1.54) is 12.8 Å². The maximum Gasteiger partial charge on any atom is 0.254 e. The van der Waals surface area contributed by atoms with Crippen LogP contribution in [-0.2, 0) is 11.2 Å². The predicted molar refractivity (Wildman–Crippen MR) is 144 cm³/mol. The van der Waals surface area contributed by atoms with Gasteiger partial charge in [0.1, 0.15) is 0 Å². The van der Waals surface area contributed by atoms with Crippen LogP contribution >= 0.6 is 11.6 Å². The van der Waals surface area contributed by atoms with Gasteiger partial charge in [0.25, 0.3) is 5.91 Å². The molecule has 3 aliphatic rings. The van der Waals surface area contributed by atoms with Crippen LogP contribution in [0.2, 0.25) is 5.02 Å². The number of carbonyl (C=O) groups is 2. The van der Waals surface area contributed by atoms with Gasteiger partial charge >= 0.3 is 0 Å². The Balaban J connectivity index is 1.18. The van der Waals surface area contributed by atoms with Crippen molar-refractivity contribution >= 4 is 40.7 Å². The molecule has 2 aromatic carbocycles. The lowest BCUT2D eigenvalue weighted by Crippen LogP contribution is -2.42. The summed E-state index contributed by atoms with van der Waals surface area (Å²) >= 11 is 6.14. The van der Waals surface area contributed by atoms with Crippen molar-refractivity contribution in [1.82, 2.24) is 19.8 Å². The molecule has 0 saturated carbocycles. The minimum atomic E-state index is -0.132. The van der Waals surface area contributed by atoms with Gasteiger partial charge in [-0.3, -0.25) is 9.59 Å². The van der Waals surface area contributed by atoms with Gasteiger partial charge in [-0.15, -0.1) is 0 Å². The van der Waals surface area contributed by atoms with E-state index in [-0.39, 0.29) is 18.2 Å². The summed E-state index contributed by atoms with van der Waals surface area (Å²) in [5.41, 5.74) is 4.34. The predicted octanol–water partition coefficient (Wildman–Crippen LogP) is 4.74. The Bertz CT molecular complexity index is 1340. The Morgan fingerprint density at radius 2 is 1.89 bits per heavy atom. The van der Waals surface area contributed by atoms with Crippen LogP contribution in [-0.4, -0.2) is 63.8 Å². The number of aromatic nitrogens is 2. The van der Waals surface area contributed by atoms with Crippen LogP contribution in [0.3, 0.4) is 0 Å². The van der Waals surface area contributed by atoms with Gasteiger partial charge in [-0.05, 0) is 81.2 Å². The molecule has 1 aromatic heterocycles. The van der Waals surface area contributed by atoms with Crippen molar-refractivity contribution in [2.24, 2.45) is 0 Å². The Morgan fingerprint density at radius 1 is 1.08 bits per heavy atom. The number of anilines is 3. The highest BCUT2D eigenvalue weighted by Crippen LogP contribution is 2.35. The first-order valence-corrected chi connectivity index (χ1v) is 13.3. The summed E-state index contributed by atoms with van der Waals surface area (Å²) in [6, 6.07) is 13.1. The van der Waals surface area contributed by atoms with E-state index < -0.39 is 0 Å². The second-order valence-corrected chi connectivity index (χ2v) is 10.4. The van der Waals surface area contributed by atoms with Crippen molar-refractivity contribution < 1.29 is 9.59 Å². The van der Waals surface area contributed by atoms with Crippen molar-refractivity contribution in [2.45, 2.75) is 38.1 Å². The highest BCUT2D eigenvalue weighted by molar-refractivity contribution is 6.31. The molecule has 0 aliphatic carbocycles. The van der Waals surface area contributed by atoms with Crippen molar-refractivity contribution in [1.29, 1.82) is 0 Å². The quantitative estimate of drug-likeness (QED) is 0.509. The Labute approximate surface area is 221 Å². The Kier molecular flexibility index (Phi) is 6.52. The lowest BCUT2D eigenvalue weighted by Gasteiger charge is -2.28. The molecule has 37 heavy (non-hydrogen) atoms. The number of halogens is 1. The Hall–Kier alpha value is -3.49. The fourth-order valence-corrected chi connectivity index (χ4v) is 5.74. The highest BCUT2D eigenvalue weighted by atomic mass is 35.5. The van der Waals surface area contributed by atoms with E-state index >= 15 is 0 Å². The largest absolute Gasteiger partial charge is 0.334 e. The van der Waals surface area contributed by atoms with E-state index in [9.17, 15) is 9.59 Å². The van der Waals surface area contributed by atoms with E-state index in [4.69, 9.17) is 16.6 Å². The molecule has 0 unspecified atom stereocenters. The summed E-state index contributed by atoms with van der Waals surface area (Å²) in [7, 11) is 0. The molecule has 3 aliphatic heterocycles. The molecule has 0 radical (unpaired) electrons. The van der Waals surface area contributed by atoms with E-state index in [1.54, 1.807) is 18.3 Å². The van der Waals surface area contributed by atoms with Crippen LogP contribution in [0, 0.1) is 0 Å². The second-order valence-electron chi connectivity index (χ2n) is 9.99. The zero-order chi connectivity index (χ0) is 25.4. The molecule has 9 heteroatoms. The third-order valence-corrected chi connectivity index (χ3v) is 7.66. The van der Waals surface area contributed by atoms with E-state index in [2.05, 4.69) is 25.4 Å². The number of hydrogen-bond donors (Lipinski definition) is 2. The van der Waals surface area contributed by atoms with Crippen LogP contribution < -0.4 is 10.6 Å². The lowest BCUT2D eigenvalue weighted by atomic mass is 10.1. The second kappa shape index (κ2) is 10.1. The molecule has 1 atom stereocenters. The summed E-state index contributed by atoms with van der Waals surface area (Å²) in [6.45, 7) is 4.10.